The van der Waals surface area contributed by atoms with Gasteiger partial charge in [0, 0.05) is 0 Å². The molecule has 0 N–H and O–H groups in total. The molecule has 18 heavy (non-hydrogen) atoms. The second-order valence-corrected chi connectivity index (χ2v) is 4.58. The zero-order valence-electron chi connectivity index (χ0n) is 11.2. The zero-order valence-corrected chi connectivity index (χ0v) is 11.2. The second-order valence-electron chi connectivity index (χ2n) is 4.58. The van der Waals surface area contributed by atoms with Crippen LogP contribution in [0, 0.1) is 13.8 Å². The fourth-order valence-corrected chi connectivity index (χ4v) is 2.11. The predicted molar refractivity (Wildman–Crippen MR) is 77.0 cm³/mol. The molecule has 2 aromatic rings. The van der Waals surface area contributed by atoms with E-state index in [1.165, 1.54) is 16.7 Å². The molecule has 0 aliphatic heterocycles. The van der Waals surface area contributed by atoms with Crippen molar-refractivity contribution in [3.05, 3.63) is 71.3 Å². The van der Waals surface area contributed by atoms with Gasteiger partial charge in [-0.05, 0) is 42.7 Å². The minimum absolute atomic E-state index is 0.868. The Labute approximate surface area is 109 Å². The van der Waals surface area contributed by atoms with Crippen LogP contribution in [0.5, 0.6) is 5.75 Å². The van der Waals surface area contributed by atoms with E-state index in [0.717, 1.165) is 16.9 Å². The summed E-state index contributed by atoms with van der Waals surface area (Å²) in [6, 6.07) is 14.5. The Morgan fingerprint density at radius 3 is 1.94 bits per heavy atom. The Morgan fingerprint density at radius 1 is 0.889 bits per heavy atom. The summed E-state index contributed by atoms with van der Waals surface area (Å²) >= 11 is 0. The van der Waals surface area contributed by atoms with E-state index >= 15 is 0 Å². The Hall–Kier alpha value is -2.02. The maximum absolute atomic E-state index is 5.16. The van der Waals surface area contributed by atoms with Gasteiger partial charge in [-0.3, -0.25) is 0 Å². The third-order valence-electron chi connectivity index (χ3n) is 3.01. The first-order chi connectivity index (χ1) is 8.60. The third-order valence-corrected chi connectivity index (χ3v) is 3.01. The van der Waals surface area contributed by atoms with Gasteiger partial charge >= 0.3 is 0 Å². The molecule has 0 atom stereocenters. The molecule has 0 aliphatic carbocycles. The monoisotopic (exact) mass is 238 g/mol. The smallest absolute Gasteiger partial charge is 0.118 e. The van der Waals surface area contributed by atoms with Gasteiger partial charge in [0.1, 0.15) is 5.75 Å². The van der Waals surface area contributed by atoms with Crippen molar-refractivity contribution in [3.63, 3.8) is 0 Å². The van der Waals surface area contributed by atoms with Gasteiger partial charge in [0.15, 0.2) is 0 Å². The van der Waals surface area contributed by atoms with Crippen LogP contribution in [-0.2, 0) is 0 Å². The van der Waals surface area contributed by atoms with Crippen LogP contribution in [0.1, 0.15) is 22.3 Å². The van der Waals surface area contributed by atoms with Crippen molar-refractivity contribution >= 4 is 5.57 Å². The van der Waals surface area contributed by atoms with Gasteiger partial charge in [-0.15, -0.1) is 0 Å². The molecule has 0 fully saturated rings. The first kappa shape index (κ1) is 12.4. The van der Waals surface area contributed by atoms with E-state index in [-0.39, 0.29) is 0 Å². The number of ether oxygens (including phenoxy) is 1. The van der Waals surface area contributed by atoms with E-state index in [0.29, 0.717) is 0 Å². The summed E-state index contributed by atoms with van der Waals surface area (Å²) in [6.45, 7) is 8.41. The molecule has 0 saturated heterocycles. The van der Waals surface area contributed by atoms with E-state index < -0.39 is 0 Å². The number of hydrogen-bond donors (Lipinski definition) is 0. The van der Waals surface area contributed by atoms with Crippen LogP contribution in [0.4, 0.5) is 0 Å². The third kappa shape index (κ3) is 2.62. The molecule has 92 valence electrons. The lowest BCUT2D eigenvalue weighted by Crippen LogP contribution is -1.89. The Bertz CT molecular complexity index is 544. The molecule has 0 amide bonds. The van der Waals surface area contributed by atoms with Crippen LogP contribution in [0.2, 0.25) is 0 Å². The summed E-state index contributed by atoms with van der Waals surface area (Å²) in [4.78, 5) is 0. The Balaban J connectivity index is 2.34. The topological polar surface area (TPSA) is 9.23 Å². The van der Waals surface area contributed by atoms with Gasteiger partial charge in [-0.2, -0.15) is 0 Å². The molecule has 1 heteroatoms. The molecule has 0 radical (unpaired) electrons. The van der Waals surface area contributed by atoms with E-state index in [1.54, 1.807) is 7.11 Å². The highest BCUT2D eigenvalue weighted by Gasteiger charge is 2.04. The molecule has 2 aromatic carbocycles. The van der Waals surface area contributed by atoms with Gasteiger partial charge in [-0.1, -0.05) is 48.0 Å². The van der Waals surface area contributed by atoms with Gasteiger partial charge in [-0.25, -0.2) is 0 Å². The number of benzene rings is 2. The van der Waals surface area contributed by atoms with Crippen LogP contribution in [-0.4, -0.2) is 7.11 Å². The van der Waals surface area contributed by atoms with Crippen molar-refractivity contribution in [3.8, 4) is 5.75 Å². The quantitative estimate of drug-likeness (QED) is 0.771. The van der Waals surface area contributed by atoms with Crippen LogP contribution >= 0.6 is 0 Å². The zero-order chi connectivity index (χ0) is 13.1. The van der Waals surface area contributed by atoms with Gasteiger partial charge in [0.2, 0.25) is 0 Å². The molecule has 2 rings (SSSR count). The van der Waals surface area contributed by atoms with E-state index in [2.05, 4.69) is 38.6 Å². The molecular weight excluding hydrogens is 220 g/mol. The minimum Gasteiger partial charge on any atom is -0.497 e. The maximum atomic E-state index is 5.16. The average Bonchev–Trinajstić information content (AvgIpc) is 2.37. The van der Waals surface area contributed by atoms with E-state index in [4.69, 9.17) is 4.74 Å². The van der Waals surface area contributed by atoms with Crippen LogP contribution in [0.15, 0.2) is 49.0 Å². The summed E-state index contributed by atoms with van der Waals surface area (Å²) in [5.74, 6) is 0.868. The summed E-state index contributed by atoms with van der Waals surface area (Å²) < 4.78 is 5.16. The number of aryl methyl sites for hydroxylation is 2. The van der Waals surface area contributed by atoms with E-state index in [1.807, 2.05) is 24.3 Å². The largest absolute Gasteiger partial charge is 0.497 e. The highest BCUT2D eigenvalue weighted by atomic mass is 16.5. The van der Waals surface area contributed by atoms with Crippen LogP contribution in [0.3, 0.4) is 0 Å². The fraction of sp³-hybridized carbons (Fsp3) is 0.176. The van der Waals surface area contributed by atoms with Crippen molar-refractivity contribution in [1.29, 1.82) is 0 Å². The van der Waals surface area contributed by atoms with Crippen molar-refractivity contribution in [1.82, 2.24) is 0 Å². The summed E-state index contributed by atoms with van der Waals surface area (Å²) in [6.07, 6.45) is 0. The summed E-state index contributed by atoms with van der Waals surface area (Å²) in [5.41, 5.74) is 5.88. The standard InChI is InChI=1S/C17H18O/c1-12-9-13(2)11-16(10-12)14(3)15-5-7-17(18-4)8-6-15/h5-11H,3H2,1-2,4H3. The molecule has 0 spiro atoms. The molecular formula is C17H18O. The van der Waals surface area contributed by atoms with Crippen molar-refractivity contribution < 1.29 is 4.74 Å². The summed E-state index contributed by atoms with van der Waals surface area (Å²) in [5, 5.41) is 0. The molecule has 0 bridgehead atoms. The molecule has 0 aliphatic rings. The lowest BCUT2D eigenvalue weighted by atomic mass is 9.96. The maximum Gasteiger partial charge on any atom is 0.118 e. The van der Waals surface area contributed by atoms with Gasteiger partial charge < -0.3 is 4.74 Å². The molecule has 1 nitrogen and oxygen atoms in total. The van der Waals surface area contributed by atoms with Crippen molar-refractivity contribution in [2.24, 2.45) is 0 Å². The van der Waals surface area contributed by atoms with Gasteiger partial charge in [0.25, 0.3) is 0 Å². The first-order valence-electron chi connectivity index (χ1n) is 6.02. The SMILES string of the molecule is C=C(c1ccc(OC)cc1)c1cc(C)cc(C)c1. The normalized spacial score (nSPS) is 10.2. The molecule has 0 aromatic heterocycles. The lowest BCUT2D eigenvalue weighted by Gasteiger charge is -2.09. The number of hydrogen-bond acceptors (Lipinski definition) is 1. The highest BCUT2D eigenvalue weighted by molar-refractivity contribution is 5.78. The second kappa shape index (κ2) is 5.09. The van der Waals surface area contributed by atoms with Crippen molar-refractivity contribution in [2.75, 3.05) is 7.11 Å². The summed E-state index contributed by atoms with van der Waals surface area (Å²) in [7, 11) is 1.67. The Kier molecular flexibility index (Phi) is 3.52. The average molecular weight is 238 g/mol. The van der Waals surface area contributed by atoms with Crippen LogP contribution in [0.25, 0.3) is 5.57 Å². The highest BCUT2D eigenvalue weighted by Crippen LogP contribution is 2.25. The van der Waals surface area contributed by atoms with E-state index in [9.17, 15) is 0 Å². The minimum atomic E-state index is 0.868. The molecule has 0 unspecified atom stereocenters. The molecule has 0 saturated carbocycles. The van der Waals surface area contributed by atoms with Crippen LogP contribution < -0.4 is 4.74 Å². The first-order valence-corrected chi connectivity index (χ1v) is 6.02. The number of methoxy groups -OCH3 is 1. The fourth-order valence-electron chi connectivity index (χ4n) is 2.11. The lowest BCUT2D eigenvalue weighted by molar-refractivity contribution is 0.415. The molecule has 0 heterocycles. The number of rotatable bonds is 3. The predicted octanol–water partition coefficient (Wildman–Crippen LogP) is 4.37. The van der Waals surface area contributed by atoms with Gasteiger partial charge in [0.05, 0.1) is 7.11 Å². The Morgan fingerprint density at radius 2 is 1.44 bits per heavy atom. The van der Waals surface area contributed by atoms with Crippen molar-refractivity contribution in [2.45, 2.75) is 13.8 Å².